The Balaban J connectivity index is 1.97. The van der Waals surface area contributed by atoms with Crippen molar-refractivity contribution in [3.05, 3.63) is 59.4 Å². The molecule has 0 aliphatic heterocycles. The fourth-order valence-corrected chi connectivity index (χ4v) is 1.74. The lowest BCUT2D eigenvalue weighted by atomic mass is 10.2. The van der Waals surface area contributed by atoms with E-state index in [0.29, 0.717) is 11.3 Å². The highest BCUT2D eigenvalue weighted by atomic mass is 19.1. The van der Waals surface area contributed by atoms with Crippen LogP contribution in [-0.4, -0.2) is 12.5 Å². The lowest BCUT2D eigenvalue weighted by Gasteiger charge is -2.10. The van der Waals surface area contributed by atoms with E-state index in [1.807, 2.05) is 0 Å². The first kappa shape index (κ1) is 14.9. The van der Waals surface area contributed by atoms with Gasteiger partial charge in [-0.3, -0.25) is 4.79 Å². The van der Waals surface area contributed by atoms with E-state index in [1.54, 1.807) is 6.92 Å². The molecule has 0 aromatic heterocycles. The number of para-hydroxylation sites is 1. The van der Waals surface area contributed by atoms with Crippen molar-refractivity contribution < 1.29 is 18.0 Å². The first-order valence-corrected chi connectivity index (χ1v) is 6.21. The molecule has 3 nitrogen and oxygen atoms in total. The number of hydrogen-bond acceptors (Lipinski definition) is 2. The Morgan fingerprint density at radius 2 is 1.71 bits per heavy atom. The number of anilines is 2. The Morgan fingerprint density at radius 3 is 2.33 bits per heavy atom. The smallest absolute Gasteiger partial charge is 0.243 e. The van der Waals surface area contributed by atoms with Crippen LogP contribution in [0.25, 0.3) is 0 Å². The number of carbonyl (C=O) groups excluding carboxylic acids is 1. The Hall–Kier alpha value is -2.50. The van der Waals surface area contributed by atoms with Gasteiger partial charge >= 0.3 is 0 Å². The van der Waals surface area contributed by atoms with E-state index >= 15 is 0 Å². The van der Waals surface area contributed by atoms with Gasteiger partial charge in [0.2, 0.25) is 5.91 Å². The third kappa shape index (κ3) is 3.75. The van der Waals surface area contributed by atoms with Crippen LogP contribution in [-0.2, 0) is 4.79 Å². The maximum atomic E-state index is 13.4. The summed E-state index contributed by atoms with van der Waals surface area (Å²) < 4.78 is 39.8. The van der Waals surface area contributed by atoms with Crippen molar-refractivity contribution in [1.82, 2.24) is 0 Å². The third-order valence-electron chi connectivity index (χ3n) is 2.84. The van der Waals surface area contributed by atoms with E-state index in [4.69, 9.17) is 0 Å². The molecule has 0 aliphatic carbocycles. The Morgan fingerprint density at radius 1 is 1.05 bits per heavy atom. The van der Waals surface area contributed by atoms with Gasteiger partial charge in [0.1, 0.15) is 23.1 Å². The second-order valence-corrected chi connectivity index (χ2v) is 4.46. The number of halogens is 3. The maximum absolute atomic E-state index is 13.4. The summed E-state index contributed by atoms with van der Waals surface area (Å²) in [4.78, 5) is 11.7. The fraction of sp³-hybridized carbons (Fsp3) is 0.133. The summed E-state index contributed by atoms with van der Waals surface area (Å²) in [6, 6.07) is 7.59. The molecule has 0 atom stereocenters. The van der Waals surface area contributed by atoms with Crippen molar-refractivity contribution in [2.75, 3.05) is 17.2 Å². The zero-order valence-corrected chi connectivity index (χ0v) is 11.2. The Kier molecular flexibility index (Phi) is 4.47. The molecular weight excluding hydrogens is 281 g/mol. The number of rotatable bonds is 4. The molecule has 110 valence electrons. The van der Waals surface area contributed by atoms with Crippen LogP contribution in [0.4, 0.5) is 24.5 Å². The van der Waals surface area contributed by atoms with E-state index < -0.39 is 23.2 Å². The molecule has 0 saturated heterocycles. The molecule has 0 heterocycles. The predicted octanol–water partition coefficient (Wildman–Crippen LogP) is 3.46. The van der Waals surface area contributed by atoms with Gasteiger partial charge in [-0.2, -0.15) is 0 Å². The average Bonchev–Trinajstić information content (AvgIpc) is 2.44. The molecule has 0 spiro atoms. The van der Waals surface area contributed by atoms with Crippen LogP contribution in [0.2, 0.25) is 0 Å². The van der Waals surface area contributed by atoms with Crippen LogP contribution in [0, 0.1) is 24.4 Å². The van der Waals surface area contributed by atoms with Gasteiger partial charge in [0.05, 0.1) is 6.54 Å². The van der Waals surface area contributed by atoms with Crippen molar-refractivity contribution in [3.8, 4) is 0 Å². The Labute approximate surface area is 119 Å². The van der Waals surface area contributed by atoms with Crippen LogP contribution in [0.5, 0.6) is 0 Å². The van der Waals surface area contributed by atoms with Gasteiger partial charge in [-0.15, -0.1) is 0 Å². The monoisotopic (exact) mass is 294 g/mol. The SMILES string of the molecule is Cc1cc(NCC(=O)Nc2c(F)cccc2F)ccc1F. The van der Waals surface area contributed by atoms with E-state index in [9.17, 15) is 18.0 Å². The van der Waals surface area contributed by atoms with E-state index in [1.165, 1.54) is 24.3 Å². The molecule has 0 aliphatic rings. The first-order chi connectivity index (χ1) is 9.97. The number of hydrogen-bond donors (Lipinski definition) is 2. The molecule has 0 saturated carbocycles. The molecule has 2 rings (SSSR count). The minimum Gasteiger partial charge on any atom is -0.376 e. The Bertz CT molecular complexity index is 654. The summed E-state index contributed by atoms with van der Waals surface area (Å²) >= 11 is 0. The van der Waals surface area contributed by atoms with Crippen molar-refractivity contribution in [1.29, 1.82) is 0 Å². The zero-order valence-electron chi connectivity index (χ0n) is 11.2. The van der Waals surface area contributed by atoms with Crippen LogP contribution >= 0.6 is 0 Å². The molecule has 21 heavy (non-hydrogen) atoms. The molecule has 6 heteroatoms. The summed E-state index contributed by atoms with van der Waals surface area (Å²) in [5, 5.41) is 4.90. The normalized spacial score (nSPS) is 10.3. The van der Waals surface area contributed by atoms with Crippen molar-refractivity contribution >= 4 is 17.3 Å². The van der Waals surface area contributed by atoms with Crippen LogP contribution in [0.15, 0.2) is 36.4 Å². The highest BCUT2D eigenvalue weighted by molar-refractivity contribution is 5.93. The minimum atomic E-state index is -0.846. The van der Waals surface area contributed by atoms with Crippen molar-refractivity contribution in [3.63, 3.8) is 0 Å². The van der Waals surface area contributed by atoms with E-state index in [0.717, 1.165) is 12.1 Å². The van der Waals surface area contributed by atoms with Gasteiger partial charge in [-0.25, -0.2) is 13.2 Å². The first-order valence-electron chi connectivity index (χ1n) is 6.21. The number of aryl methyl sites for hydroxylation is 1. The van der Waals surface area contributed by atoms with Gasteiger partial charge < -0.3 is 10.6 Å². The van der Waals surface area contributed by atoms with Crippen LogP contribution in [0.3, 0.4) is 0 Å². The number of nitrogens with one attached hydrogen (secondary N) is 2. The molecule has 2 aromatic carbocycles. The summed E-state index contributed by atoms with van der Waals surface area (Å²) in [5.41, 5.74) is 0.484. The van der Waals surface area contributed by atoms with E-state index in [-0.39, 0.29) is 12.4 Å². The lowest BCUT2D eigenvalue weighted by molar-refractivity contribution is -0.114. The highest BCUT2D eigenvalue weighted by Crippen LogP contribution is 2.18. The number of amides is 1. The molecule has 2 N–H and O–H groups in total. The van der Waals surface area contributed by atoms with Gasteiger partial charge in [0.15, 0.2) is 0 Å². The fourth-order valence-electron chi connectivity index (χ4n) is 1.74. The molecule has 0 fully saturated rings. The van der Waals surface area contributed by atoms with Crippen molar-refractivity contribution in [2.45, 2.75) is 6.92 Å². The average molecular weight is 294 g/mol. The molecule has 0 radical (unpaired) electrons. The quantitative estimate of drug-likeness (QED) is 0.906. The third-order valence-corrected chi connectivity index (χ3v) is 2.84. The van der Waals surface area contributed by atoms with Crippen LogP contribution in [0.1, 0.15) is 5.56 Å². The maximum Gasteiger partial charge on any atom is 0.243 e. The summed E-state index contributed by atoms with van der Waals surface area (Å²) in [6.07, 6.45) is 0. The molecule has 2 aromatic rings. The number of benzene rings is 2. The van der Waals surface area contributed by atoms with Crippen LogP contribution < -0.4 is 10.6 Å². The topological polar surface area (TPSA) is 41.1 Å². The van der Waals surface area contributed by atoms with Gasteiger partial charge in [-0.1, -0.05) is 6.07 Å². The van der Waals surface area contributed by atoms with Gasteiger partial charge in [0.25, 0.3) is 0 Å². The minimum absolute atomic E-state index is 0.196. The highest BCUT2D eigenvalue weighted by Gasteiger charge is 2.11. The lowest BCUT2D eigenvalue weighted by Crippen LogP contribution is -2.23. The second kappa shape index (κ2) is 6.30. The van der Waals surface area contributed by atoms with Gasteiger partial charge in [0, 0.05) is 5.69 Å². The van der Waals surface area contributed by atoms with Crippen molar-refractivity contribution in [2.24, 2.45) is 0 Å². The number of carbonyl (C=O) groups is 1. The molecule has 0 bridgehead atoms. The molecule has 0 unspecified atom stereocenters. The largest absolute Gasteiger partial charge is 0.376 e. The summed E-state index contributed by atoms with van der Waals surface area (Å²) in [7, 11) is 0. The predicted molar refractivity (Wildman–Crippen MR) is 74.6 cm³/mol. The van der Waals surface area contributed by atoms with E-state index in [2.05, 4.69) is 10.6 Å². The standard InChI is InChI=1S/C15H13F3N2O/c1-9-7-10(5-6-11(9)16)19-8-14(21)20-15-12(17)3-2-4-13(15)18/h2-7,19H,8H2,1H3,(H,20,21). The zero-order chi connectivity index (χ0) is 15.4. The second-order valence-electron chi connectivity index (χ2n) is 4.46. The molecular formula is C15H13F3N2O. The summed E-state index contributed by atoms with van der Waals surface area (Å²) in [5.74, 6) is -2.65. The molecule has 1 amide bonds. The summed E-state index contributed by atoms with van der Waals surface area (Å²) in [6.45, 7) is 1.40. The van der Waals surface area contributed by atoms with Gasteiger partial charge in [-0.05, 0) is 42.8 Å².